The smallest absolute Gasteiger partial charge is 0.237 e. The third kappa shape index (κ3) is 4.31. The lowest BCUT2D eigenvalue weighted by Gasteiger charge is -2.19. The summed E-state index contributed by atoms with van der Waals surface area (Å²) in [5.41, 5.74) is 6.74. The van der Waals surface area contributed by atoms with Gasteiger partial charge in [-0.3, -0.25) is 4.79 Å². The van der Waals surface area contributed by atoms with Crippen LogP contribution >= 0.6 is 11.6 Å². The molecule has 0 heterocycles. The second-order valence-corrected chi connectivity index (χ2v) is 5.40. The SMILES string of the molecule is CC(C)C[C@H](N)C(=O)N[C@H](C)c1ccccc1Cl. The summed E-state index contributed by atoms with van der Waals surface area (Å²) in [5.74, 6) is 0.275. The molecule has 0 aliphatic carbocycles. The molecule has 1 aromatic carbocycles. The van der Waals surface area contributed by atoms with Gasteiger partial charge in [0.1, 0.15) is 0 Å². The molecule has 0 fully saturated rings. The van der Waals surface area contributed by atoms with Crippen LogP contribution in [0.5, 0.6) is 0 Å². The summed E-state index contributed by atoms with van der Waals surface area (Å²) in [6, 6.07) is 6.89. The summed E-state index contributed by atoms with van der Waals surface area (Å²) in [6.07, 6.45) is 0.682. The van der Waals surface area contributed by atoms with Crippen LogP contribution in [0, 0.1) is 5.92 Å². The fourth-order valence-corrected chi connectivity index (χ4v) is 2.14. The van der Waals surface area contributed by atoms with E-state index in [0.29, 0.717) is 17.4 Å². The molecule has 0 radical (unpaired) electrons. The number of hydrogen-bond acceptors (Lipinski definition) is 2. The molecular weight excluding hydrogens is 248 g/mol. The molecule has 1 aromatic rings. The maximum absolute atomic E-state index is 11.9. The number of benzene rings is 1. The number of hydrogen-bond donors (Lipinski definition) is 2. The Labute approximate surface area is 114 Å². The first-order chi connectivity index (χ1) is 8.41. The van der Waals surface area contributed by atoms with Gasteiger partial charge >= 0.3 is 0 Å². The lowest BCUT2D eigenvalue weighted by atomic mass is 10.0. The molecule has 0 aliphatic rings. The molecule has 3 nitrogen and oxygen atoms in total. The molecule has 18 heavy (non-hydrogen) atoms. The topological polar surface area (TPSA) is 55.1 Å². The van der Waals surface area contributed by atoms with Gasteiger partial charge in [-0.1, -0.05) is 43.6 Å². The Kier molecular flexibility index (Phi) is 5.63. The highest BCUT2D eigenvalue weighted by Crippen LogP contribution is 2.22. The third-order valence-electron chi connectivity index (χ3n) is 2.79. The van der Waals surface area contributed by atoms with Crippen LogP contribution in [-0.2, 0) is 4.79 Å². The van der Waals surface area contributed by atoms with Crippen LogP contribution in [0.4, 0.5) is 0 Å². The average Bonchev–Trinajstić information content (AvgIpc) is 2.28. The van der Waals surface area contributed by atoms with Crippen molar-refractivity contribution in [1.29, 1.82) is 0 Å². The number of halogens is 1. The molecule has 100 valence electrons. The van der Waals surface area contributed by atoms with Crippen molar-refractivity contribution in [2.45, 2.75) is 39.3 Å². The normalized spacial score (nSPS) is 14.3. The number of nitrogens with two attached hydrogens (primary N) is 1. The van der Waals surface area contributed by atoms with E-state index in [1.165, 1.54) is 0 Å². The van der Waals surface area contributed by atoms with Gasteiger partial charge in [-0.05, 0) is 30.9 Å². The molecule has 0 aliphatic heterocycles. The predicted octanol–water partition coefficient (Wildman–Crippen LogP) is 2.89. The van der Waals surface area contributed by atoms with Crippen LogP contribution in [0.15, 0.2) is 24.3 Å². The number of nitrogens with one attached hydrogen (secondary N) is 1. The fourth-order valence-electron chi connectivity index (χ4n) is 1.84. The second-order valence-electron chi connectivity index (χ2n) is 4.99. The Morgan fingerprint density at radius 3 is 2.50 bits per heavy atom. The van der Waals surface area contributed by atoms with Crippen molar-refractivity contribution < 1.29 is 4.79 Å². The van der Waals surface area contributed by atoms with E-state index < -0.39 is 6.04 Å². The summed E-state index contributed by atoms with van der Waals surface area (Å²) in [5, 5.41) is 3.55. The predicted molar refractivity (Wildman–Crippen MR) is 75.4 cm³/mol. The fraction of sp³-hybridized carbons (Fsp3) is 0.500. The number of rotatable bonds is 5. The van der Waals surface area contributed by atoms with Crippen molar-refractivity contribution >= 4 is 17.5 Å². The summed E-state index contributed by atoms with van der Waals surface area (Å²) >= 11 is 6.08. The van der Waals surface area contributed by atoms with Crippen LogP contribution in [0.25, 0.3) is 0 Å². The van der Waals surface area contributed by atoms with E-state index in [1.807, 2.05) is 45.0 Å². The molecule has 4 heteroatoms. The second kappa shape index (κ2) is 6.76. The minimum atomic E-state index is -0.463. The molecule has 0 bridgehead atoms. The first-order valence-electron chi connectivity index (χ1n) is 6.22. The molecule has 1 rings (SSSR count). The molecule has 3 N–H and O–H groups in total. The van der Waals surface area contributed by atoms with Gasteiger partial charge in [0, 0.05) is 5.02 Å². The Morgan fingerprint density at radius 2 is 1.94 bits per heavy atom. The van der Waals surface area contributed by atoms with E-state index >= 15 is 0 Å². The van der Waals surface area contributed by atoms with Crippen molar-refractivity contribution in [1.82, 2.24) is 5.32 Å². The quantitative estimate of drug-likeness (QED) is 0.863. The van der Waals surface area contributed by atoms with Crippen LogP contribution in [-0.4, -0.2) is 11.9 Å². The van der Waals surface area contributed by atoms with Gasteiger partial charge < -0.3 is 11.1 Å². The van der Waals surface area contributed by atoms with E-state index in [9.17, 15) is 4.79 Å². The van der Waals surface area contributed by atoms with Gasteiger partial charge in [0.2, 0.25) is 5.91 Å². The zero-order valence-electron chi connectivity index (χ0n) is 11.1. The van der Waals surface area contributed by atoms with Crippen LogP contribution in [0.3, 0.4) is 0 Å². The highest BCUT2D eigenvalue weighted by atomic mass is 35.5. The molecule has 0 saturated heterocycles. The van der Waals surface area contributed by atoms with Crippen LogP contribution < -0.4 is 11.1 Å². The number of carbonyl (C=O) groups excluding carboxylic acids is 1. The van der Waals surface area contributed by atoms with Gasteiger partial charge in [0.25, 0.3) is 0 Å². The Hall–Kier alpha value is -1.06. The van der Waals surface area contributed by atoms with Crippen LogP contribution in [0.2, 0.25) is 5.02 Å². The van der Waals surface area contributed by atoms with Gasteiger partial charge in [0.15, 0.2) is 0 Å². The lowest BCUT2D eigenvalue weighted by molar-refractivity contribution is -0.123. The first kappa shape index (κ1) is 15.0. The molecule has 0 unspecified atom stereocenters. The Bertz CT molecular complexity index is 407. The number of amides is 1. The maximum atomic E-state index is 11.9. The highest BCUT2D eigenvalue weighted by molar-refractivity contribution is 6.31. The molecule has 0 aromatic heterocycles. The van der Waals surface area contributed by atoms with Crippen molar-refractivity contribution in [2.24, 2.45) is 11.7 Å². The van der Waals surface area contributed by atoms with Crippen molar-refractivity contribution in [3.05, 3.63) is 34.9 Å². The zero-order chi connectivity index (χ0) is 13.7. The molecule has 2 atom stereocenters. The standard InChI is InChI=1S/C14H21ClN2O/c1-9(2)8-13(16)14(18)17-10(3)11-6-4-5-7-12(11)15/h4-7,9-10,13H,8,16H2,1-3H3,(H,17,18)/t10-,13+/m1/s1. The Morgan fingerprint density at radius 1 is 1.33 bits per heavy atom. The summed E-state index contributed by atoms with van der Waals surface area (Å²) in [4.78, 5) is 11.9. The van der Waals surface area contributed by atoms with Gasteiger partial charge in [0.05, 0.1) is 12.1 Å². The van der Waals surface area contributed by atoms with Gasteiger partial charge in [-0.25, -0.2) is 0 Å². The third-order valence-corrected chi connectivity index (χ3v) is 3.14. The van der Waals surface area contributed by atoms with Gasteiger partial charge in [-0.15, -0.1) is 0 Å². The van der Waals surface area contributed by atoms with E-state index in [2.05, 4.69) is 5.32 Å². The average molecular weight is 269 g/mol. The van der Waals surface area contributed by atoms with E-state index in [-0.39, 0.29) is 11.9 Å². The first-order valence-corrected chi connectivity index (χ1v) is 6.60. The van der Waals surface area contributed by atoms with E-state index in [1.54, 1.807) is 0 Å². The number of carbonyl (C=O) groups is 1. The Balaban J connectivity index is 2.62. The van der Waals surface area contributed by atoms with E-state index in [0.717, 1.165) is 5.56 Å². The summed E-state index contributed by atoms with van der Waals surface area (Å²) in [7, 11) is 0. The van der Waals surface area contributed by atoms with Crippen molar-refractivity contribution in [2.75, 3.05) is 0 Å². The zero-order valence-corrected chi connectivity index (χ0v) is 11.9. The molecule has 1 amide bonds. The highest BCUT2D eigenvalue weighted by Gasteiger charge is 2.18. The monoisotopic (exact) mass is 268 g/mol. The van der Waals surface area contributed by atoms with Gasteiger partial charge in [-0.2, -0.15) is 0 Å². The molecular formula is C14H21ClN2O. The lowest BCUT2D eigenvalue weighted by Crippen LogP contribution is -2.42. The van der Waals surface area contributed by atoms with Crippen LogP contribution in [0.1, 0.15) is 38.8 Å². The summed E-state index contributed by atoms with van der Waals surface area (Å²) < 4.78 is 0. The minimum absolute atomic E-state index is 0.129. The summed E-state index contributed by atoms with van der Waals surface area (Å²) in [6.45, 7) is 6.00. The van der Waals surface area contributed by atoms with Crippen molar-refractivity contribution in [3.63, 3.8) is 0 Å². The van der Waals surface area contributed by atoms with Crippen molar-refractivity contribution in [3.8, 4) is 0 Å². The minimum Gasteiger partial charge on any atom is -0.348 e. The maximum Gasteiger partial charge on any atom is 0.237 e. The van der Waals surface area contributed by atoms with E-state index in [4.69, 9.17) is 17.3 Å². The molecule has 0 saturated carbocycles. The largest absolute Gasteiger partial charge is 0.348 e. The molecule has 0 spiro atoms.